The number of carbonyl (C=O) groups excluding carboxylic acids is 5. The molecule has 2 saturated heterocycles. The number of nitrogens with one attached hydrogen (secondary N) is 3. The molecule has 4 aromatic rings. The predicted octanol–water partition coefficient (Wildman–Crippen LogP) is 4.58. The van der Waals surface area contributed by atoms with Crippen molar-refractivity contribution in [3.05, 3.63) is 71.5 Å². The highest BCUT2D eigenvalue weighted by Crippen LogP contribution is 2.42. The number of benzene rings is 2. The van der Waals surface area contributed by atoms with Gasteiger partial charge in [0.05, 0.1) is 25.5 Å². The van der Waals surface area contributed by atoms with Crippen molar-refractivity contribution in [2.45, 2.75) is 117 Å². The Hall–Kier alpha value is -5.84. The first-order valence-corrected chi connectivity index (χ1v) is 23.7. The van der Waals surface area contributed by atoms with E-state index in [1.807, 2.05) is 38.2 Å². The zero-order valence-corrected chi connectivity index (χ0v) is 40.1. The number of amides is 4. The molecule has 0 radical (unpaired) electrons. The van der Waals surface area contributed by atoms with Crippen molar-refractivity contribution in [2.75, 3.05) is 40.9 Å². The number of phenolic OH excluding ortho intramolecular Hbond substituents is 1. The molecule has 16 heteroatoms. The number of aromatic hydroxyl groups is 1. The van der Waals surface area contributed by atoms with Crippen LogP contribution in [0, 0.1) is 17.3 Å². The minimum absolute atomic E-state index is 0.0138. The molecule has 4 N–H and O–H groups in total. The SMILES string of the molecule is CCn1c(-c2cnccc2COC)c2c3cc(ccc31)-c1cc(O)cc(c1)C[C@H](NC(=O)[C@H](C(C)C)N(C)C(=O)CN(C)C(=O)[C@H]1N[C@H]1C1CC1)C(=O)N1CCC[C@H](N1)C(=O)OCC(C)(C)C2. The average Bonchev–Trinajstić information content (AvgIpc) is 4.24. The number of carbonyl (C=O) groups is 5. The minimum atomic E-state index is -1.17. The number of ether oxygens (including phenoxy) is 2. The summed E-state index contributed by atoms with van der Waals surface area (Å²) in [6, 6.07) is 10.3. The highest BCUT2D eigenvalue weighted by atomic mass is 16.5. The normalized spacial score (nSPS) is 22.2. The summed E-state index contributed by atoms with van der Waals surface area (Å²) >= 11 is 0. The van der Waals surface area contributed by atoms with E-state index in [1.54, 1.807) is 39.5 Å². The van der Waals surface area contributed by atoms with Crippen LogP contribution in [-0.4, -0.2) is 130 Å². The second-order valence-corrected chi connectivity index (χ2v) is 20.1. The lowest BCUT2D eigenvalue weighted by molar-refractivity contribution is -0.155. The number of methoxy groups -OCH3 is 1. The van der Waals surface area contributed by atoms with Gasteiger partial charge >= 0.3 is 5.97 Å². The first kappa shape index (κ1) is 47.6. The Morgan fingerprint density at radius 3 is 2.55 bits per heavy atom. The molecule has 0 unspecified atom stereocenters. The van der Waals surface area contributed by atoms with Gasteiger partial charge < -0.3 is 34.3 Å². The van der Waals surface area contributed by atoms with Crippen LogP contribution in [0.1, 0.15) is 77.0 Å². The molecule has 358 valence electrons. The summed E-state index contributed by atoms with van der Waals surface area (Å²) in [6.07, 6.45) is 7.31. The van der Waals surface area contributed by atoms with Crippen molar-refractivity contribution < 1.29 is 38.6 Å². The Morgan fingerprint density at radius 1 is 1.06 bits per heavy atom. The molecule has 4 aliphatic rings. The summed E-state index contributed by atoms with van der Waals surface area (Å²) in [5.41, 5.74) is 9.72. The first-order chi connectivity index (χ1) is 32.0. The summed E-state index contributed by atoms with van der Waals surface area (Å²) in [4.78, 5) is 77.4. The summed E-state index contributed by atoms with van der Waals surface area (Å²) in [5, 5.41) is 19.9. The average molecular weight is 919 g/mol. The first-order valence-electron chi connectivity index (χ1n) is 23.7. The van der Waals surface area contributed by atoms with Gasteiger partial charge in [-0.15, -0.1) is 0 Å². The van der Waals surface area contributed by atoms with Gasteiger partial charge in [0.2, 0.25) is 17.7 Å². The number of fused-ring (bicyclic) bond motifs is 6. The molecule has 3 aliphatic heterocycles. The molecular formula is C51H66N8O8. The number of likely N-dealkylation sites (N-methyl/N-ethyl adjacent to an activating group) is 2. The number of hydrazine groups is 1. The van der Waals surface area contributed by atoms with E-state index < -0.39 is 47.2 Å². The van der Waals surface area contributed by atoms with Crippen LogP contribution in [0.2, 0.25) is 0 Å². The van der Waals surface area contributed by atoms with E-state index >= 15 is 0 Å². The van der Waals surface area contributed by atoms with Crippen molar-refractivity contribution in [1.82, 2.24) is 40.4 Å². The summed E-state index contributed by atoms with van der Waals surface area (Å²) in [6.45, 7) is 11.1. The summed E-state index contributed by atoms with van der Waals surface area (Å²) < 4.78 is 14.0. The van der Waals surface area contributed by atoms with E-state index in [0.717, 1.165) is 51.7 Å². The van der Waals surface area contributed by atoms with Gasteiger partial charge in [-0.1, -0.05) is 39.8 Å². The van der Waals surface area contributed by atoms with E-state index in [4.69, 9.17) is 9.47 Å². The Bertz CT molecular complexity index is 2550. The van der Waals surface area contributed by atoms with Crippen molar-refractivity contribution in [3.63, 3.8) is 0 Å². The molecule has 1 aliphatic carbocycles. The molecular weight excluding hydrogens is 853 g/mol. The van der Waals surface area contributed by atoms with Crippen LogP contribution in [0.25, 0.3) is 33.3 Å². The Labute approximate surface area is 392 Å². The molecule has 67 heavy (non-hydrogen) atoms. The molecule has 1 saturated carbocycles. The van der Waals surface area contributed by atoms with Gasteiger partial charge in [-0.25, -0.2) is 5.43 Å². The van der Waals surface area contributed by atoms with Crippen LogP contribution in [0.5, 0.6) is 5.75 Å². The van der Waals surface area contributed by atoms with Crippen molar-refractivity contribution in [1.29, 1.82) is 0 Å². The van der Waals surface area contributed by atoms with Gasteiger partial charge in [0.15, 0.2) is 0 Å². The lowest BCUT2D eigenvalue weighted by Crippen LogP contribution is -2.62. The predicted molar refractivity (Wildman–Crippen MR) is 253 cm³/mol. The zero-order valence-electron chi connectivity index (χ0n) is 40.1. The minimum Gasteiger partial charge on any atom is -0.508 e. The smallest absolute Gasteiger partial charge is 0.324 e. The maximum Gasteiger partial charge on any atom is 0.324 e. The molecule has 4 amide bonds. The monoisotopic (exact) mass is 919 g/mol. The number of esters is 1. The van der Waals surface area contributed by atoms with Crippen LogP contribution >= 0.6 is 0 Å². The molecule has 2 aromatic carbocycles. The Kier molecular flexibility index (Phi) is 13.8. The third-order valence-electron chi connectivity index (χ3n) is 13.8. The van der Waals surface area contributed by atoms with Gasteiger partial charge in [0, 0.05) is 81.0 Å². The molecule has 3 fully saturated rings. The zero-order chi connectivity index (χ0) is 47.9. The number of aromatic nitrogens is 2. The quantitative estimate of drug-likeness (QED) is 0.115. The maximum atomic E-state index is 14.7. The van der Waals surface area contributed by atoms with E-state index in [0.29, 0.717) is 49.5 Å². The van der Waals surface area contributed by atoms with Crippen LogP contribution in [-0.2, 0) is 59.4 Å². The van der Waals surface area contributed by atoms with Crippen molar-refractivity contribution in [2.24, 2.45) is 17.3 Å². The van der Waals surface area contributed by atoms with Gasteiger partial charge in [0.25, 0.3) is 5.91 Å². The highest BCUT2D eigenvalue weighted by Gasteiger charge is 2.52. The Morgan fingerprint density at radius 2 is 1.84 bits per heavy atom. The van der Waals surface area contributed by atoms with Crippen LogP contribution in [0.3, 0.4) is 0 Å². The summed E-state index contributed by atoms with van der Waals surface area (Å²) in [5.74, 6) is -1.95. The molecule has 5 atom stereocenters. The number of aryl methyl sites for hydroxylation is 1. The van der Waals surface area contributed by atoms with E-state index in [9.17, 15) is 29.1 Å². The second kappa shape index (κ2) is 19.4. The van der Waals surface area contributed by atoms with Gasteiger partial charge in [-0.2, -0.15) is 0 Å². The summed E-state index contributed by atoms with van der Waals surface area (Å²) in [7, 11) is 4.81. The number of rotatable bonds is 12. The topological polar surface area (TPSA) is 198 Å². The highest BCUT2D eigenvalue weighted by molar-refractivity contribution is 5.96. The molecule has 16 nitrogen and oxygen atoms in total. The maximum absolute atomic E-state index is 14.7. The van der Waals surface area contributed by atoms with E-state index in [2.05, 4.69) is 58.5 Å². The van der Waals surface area contributed by atoms with Gasteiger partial charge in [0.1, 0.15) is 29.9 Å². The van der Waals surface area contributed by atoms with Crippen LogP contribution < -0.4 is 16.1 Å². The molecule has 8 rings (SSSR count). The van der Waals surface area contributed by atoms with E-state index in [-0.39, 0.29) is 55.8 Å². The molecule has 0 spiro atoms. The number of hydrogen-bond acceptors (Lipinski definition) is 11. The van der Waals surface area contributed by atoms with Crippen molar-refractivity contribution >= 4 is 40.5 Å². The van der Waals surface area contributed by atoms with Gasteiger partial charge in [-0.05, 0) is 109 Å². The molecule has 6 bridgehead atoms. The standard InChI is InChI=1S/C51H66N8O8/c1-9-58-41-15-14-32-23-36(41)37(46(58)38-25-52-17-16-33(38)27-66-8)24-51(4,5)28-67-50(65)39-11-10-18-59(55-39)48(63)40(21-30-19-34(32)22-35(60)20-30)53-47(62)45(29(2)3)57(7)42(61)26-56(6)49(64)44-43(54-44)31-12-13-31/h14-17,19-20,22-23,25,29,31,39-40,43-45,54-55,60H,9-13,18,21,24,26-28H2,1-8H3,(H,53,62)/t39-,40-,43-,44-,45-/m0/s1. The third-order valence-corrected chi connectivity index (χ3v) is 13.8. The third kappa shape index (κ3) is 10.2. The molecule has 5 heterocycles. The number of pyridine rings is 1. The van der Waals surface area contributed by atoms with Crippen LogP contribution in [0.15, 0.2) is 54.9 Å². The number of nitrogens with zero attached hydrogens (tertiary/aromatic N) is 5. The fourth-order valence-electron chi connectivity index (χ4n) is 10.1. The fraction of sp³-hybridized carbons (Fsp3) is 0.529. The van der Waals surface area contributed by atoms with Crippen LogP contribution in [0.4, 0.5) is 0 Å². The lowest BCUT2D eigenvalue weighted by atomic mass is 9.84. The fourth-order valence-corrected chi connectivity index (χ4v) is 10.1. The molecule has 2 aromatic heterocycles. The van der Waals surface area contributed by atoms with E-state index in [1.165, 1.54) is 14.8 Å². The van der Waals surface area contributed by atoms with Gasteiger partial charge in [-0.3, -0.25) is 39.3 Å². The number of hydrogen-bond donors (Lipinski definition) is 4. The lowest BCUT2D eigenvalue weighted by Gasteiger charge is -2.37. The second-order valence-electron chi connectivity index (χ2n) is 20.1. The number of cyclic esters (lactones) is 1. The largest absolute Gasteiger partial charge is 0.508 e. The number of phenols is 1. The van der Waals surface area contributed by atoms with Crippen molar-refractivity contribution in [3.8, 4) is 28.1 Å². The Balaban J connectivity index is 1.15.